The number of morpholine rings is 1. The first kappa shape index (κ1) is 17.4. The molecule has 23 heavy (non-hydrogen) atoms. The molecule has 1 aliphatic heterocycles. The summed E-state index contributed by atoms with van der Waals surface area (Å²) in [6.45, 7) is 4.58. The van der Waals surface area contributed by atoms with Crippen molar-refractivity contribution in [2.45, 2.75) is 26.1 Å². The summed E-state index contributed by atoms with van der Waals surface area (Å²) >= 11 is 6.16. The van der Waals surface area contributed by atoms with Crippen LogP contribution in [0.4, 0.5) is 10.5 Å². The van der Waals surface area contributed by atoms with Crippen LogP contribution in [0.5, 0.6) is 5.75 Å². The van der Waals surface area contributed by atoms with Crippen molar-refractivity contribution in [3.05, 3.63) is 23.2 Å². The number of nitrogens with zero attached hydrogens (tertiary/aromatic N) is 1. The molecule has 1 saturated heterocycles. The van der Waals surface area contributed by atoms with Gasteiger partial charge in [-0.05, 0) is 26.0 Å². The Kier molecular flexibility index (Phi) is 5.68. The van der Waals surface area contributed by atoms with E-state index in [1.807, 2.05) is 13.8 Å². The van der Waals surface area contributed by atoms with Crippen LogP contribution in [0.15, 0.2) is 18.2 Å². The molecule has 0 radical (unpaired) electrons. The molecule has 0 aromatic heterocycles. The second-order valence-electron chi connectivity index (χ2n) is 5.45. The van der Waals surface area contributed by atoms with Gasteiger partial charge in [0.25, 0.3) is 0 Å². The minimum absolute atomic E-state index is 0.0330. The first-order valence-electron chi connectivity index (χ1n) is 7.30. The first-order chi connectivity index (χ1) is 10.9. The topological polar surface area (TPSA) is 93.9 Å². The molecule has 0 bridgehead atoms. The lowest BCUT2D eigenvalue weighted by atomic mass is 10.2. The van der Waals surface area contributed by atoms with Gasteiger partial charge in [0.1, 0.15) is 5.75 Å². The highest BCUT2D eigenvalue weighted by Crippen LogP contribution is 2.27. The van der Waals surface area contributed by atoms with Gasteiger partial charge >= 0.3 is 6.03 Å². The molecule has 1 aromatic carbocycles. The van der Waals surface area contributed by atoms with Crippen LogP contribution in [0.2, 0.25) is 5.02 Å². The Morgan fingerprint density at radius 2 is 2.22 bits per heavy atom. The molecule has 0 aliphatic carbocycles. The molecule has 7 nitrogen and oxygen atoms in total. The van der Waals surface area contributed by atoms with E-state index in [0.29, 0.717) is 23.0 Å². The van der Waals surface area contributed by atoms with Gasteiger partial charge in [0, 0.05) is 12.6 Å². The summed E-state index contributed by atoms with van der Waals surface area (Å²) in [7, 11) is 0. The largest absolute Gasteiger partial charge is 0.491 e. The molecule has 2 rings (SSSR count). The molecule has 1 atom stereocenters. The quantitative estimate of drug-likeness (QED) is 0.873. The normalized spacial score (nSPS) is 17.9. The van der Waals surface area contributed by atoms with Crippen LogP contribution >= 0.6 is 11.6 Å². The van der Waals surface area contributed by atoms with Crippen LogP contribution in [-0.2, 0) is 9.53 Å². The number of halogens is 1. The number of carbonyl (C=O) groups excluding carboxylic acids is 2. The van der Waals surface area contributed by atoms with Crippen molar-refractivity contribution in [1.82, 2.24) is 4.90 Å². The van der Waals surface area contributed by atoms with Crippen molar-refractivity contribution in [3.63, 3.8) is 0 Å². The van der Waals surface area contributed by atoms with Gasteiger partial charge in [0.2, 0.25) is 5.91 Å². The van der Waals surface area contributed by atoms with E-state index in [0.717, 1.165) is 0 Å². The smallest absolute Gasteiger partial charge is 0.322 e. The Bertz CT molecular complexity index is 594. The summed E-state index contributed by atoms with van der Waals surface area (Å²) in [6.07, 6.45) is -0.752. The summed E-state index contributed by atoms with van der Waals surface area (Å²) in [5.41, 5.74) is 5.67. The molecule has 0 unspecified atom stereocenters. The number of benzene rings is 1. The Balaban J connectivity index is 2.01. The van der Waals surface area contributed by atoms with E-state index in [1.165, 1.54) is 4.90 Å². The summed E-state index contributed by atoms with van der Waals surface area (Å²) in [6, 6.07) is 4.68. The molecular formula is C15H20ClN3O4. The van der Waals surface area contributed by atoms with Crippen molar-refractivity contribution in [1.29, 1.82) is 0 Å². The summed E-state index contributed by atoms with van der Waals surface area (Å²) in [4.78, 5) is 24.9. The Morgan fingerprint density at radius 3 is 2.83 bits per heavy atom. The van der Waals surface area contributed by atoms with Crippen molar-refractivity contribution >= 4 is 29.2 Å². The fourth-order valence-corrected chi connectivity index (χ4v) is 2.36. The van der Waals surface area contributed by atoms with Crippen molar-refractivity contribution in [2.75, 3.05) is 25.0 Å². The maximum absolute atomic E-state index is 12.3. The third-order valence-corrected chi connectivity index (χ3v) is 3.54. The molecule has 0 saturated carbocycles. The van der Waals surface area contributed by atoms with Crippen LogP contribution in [0.3, 0.4) is 0 Å². The zero-order chi connectivity index (χ0) is 17.0. The number of amides is 3. The predicted molar refractivity (Wildman–Crippen MR) is 86.7 cm³/mol. The average molecular weight is 342 g/mol. The minimum atomic E-state index is -0.785. The Labute approximate surface area is 139 Å². The fraction of sp³-hybridized carbons (Fsp3) is 0.467. The number of ether oxygens (including phenoxy) is 2. The van der Waals surface area contributed by atoms with Crippen LogP contribution in [0.1, 0.15) is 13.8 Å². The van der Waals surface area contributed by atoms with Gasteiger partial charge in [-0.1, -0.05) is 11.6 Å². The highest BCUT2D eigenvalue weighted by Gasteiger charge is 2.28. The number of rotatable bonds is 4. The van der Waals surface area contributed by atoms with Gasteiger partial charge in [-0.25, -0.2) is 4.79 Å². The maximum Gasteiger partial charge on any atom is 0.322 e. The number of hydrogen-bond acceptors (Lipinski definition) is 4. The van der Waals surface area contributed by atoms with E-state index in [2.05, 4.69) is 5.32 Å². The maximum atomic E-state index is 12.3. The number of anilines is 1. The number of nitrogens with two attached hydrogens (primary N) is 1. The van der Waals surface area contributed by atoms with E-state index in [-0.39, 0.29) is 25.3 Å². The van der Waals surface area contributed by atoms with Gasteiger partial charge in [0.05, 0.1) is 30.0 Å². The van der Waals surface area contributed by atoms with Crippen molar-refractivity contribution in [3.8, 4) is 5.75 Å². The minimum Gasteiger partial charge on any atom is -0.491 e. The lowest BCUT2D eigenvalue weighted by Crippen LogP contribution is -2.51. The molecule has 126 valence electrons. The summed E-state index contributed by atoms with van der Waals surface area (Å²) in [5, 5.41) is 3.08. The van der Waals surface area contributed by atoms with E-state index in [9.17, 15) is 9.59 Å². The highest BCUT2D eigenvalue weighted by atomic mass is 35.5. The summed E-state index contributed by atoms with van der Waals surface area (Å²) < 4.78 is 10.7. The van der Waals surface area contributed by atoms with Crippen molar-refractivity contribution in [2.24, 2.45) is 5.73 Å². The Hall–Kier alpha value is -1.99. The molecule has 1 fully saturated rings. The monoisotopic (exact) mass is 341 g/mol. The second-order valence-corrected chi connectivity index (χ2v) is 5.85. The zero-order valence-corrected chi connectivity index (χ0v) is 13.8. The number of urea groups is 1. The number of nitrogens with one attached hydrogen (secondary N) is 1. The molecule has 8 heteroatoms. The molecule has 1 aliphatic rings. The van der Waals surface area contributed by atoms with Crippen molar-refractivity contribution < 1.29 is 19.1 Å². The average Bonchev–Trinajstić information content (AvgIpc) is 2.49. The van der Waals surface area contributed by atoms with Crippen LogP contribution in [0.25, 0.3) is 0 Å². The lowest BCUT2D eigenvalue weighted by Gasteiger charge is -2.31. The summed E-state index contributed by atoms with van der Waals surface area (Å²) in [5.74, 6) is 0.0406. The predicted octanol–water partition coefficient (Wildman–Crippen LogP) is 1.85. The van der Waals surface area contributed by atoms with Gasteiger partial charge < -0.3 is 25.4 Å². The zero-order valence-electron chi connectivity index (χ0n) is 13.0. The third kappa shape index (κ3) is 4.74. The second kappa shape index (κ2) is 7.52. The molecular weight excluding hydrogens is 322 g/mol. The van der Waals surface area contributed by atoms with Crippen LogP contribution in [-0.4, -0.2) is 48.7 Å². The SMILES string of the molecule is CC(C)Oc1ccc(NC(=O)N2CCO[C@H](C(N)=O)C2)c(Cl)c1. The molecule has 0 spiro atoms. The van der Waals surface area contributed by atoms with E-state index in [1.54, 1.807) is 18.2 Å². The molecule has 3 amide bonds. The van der Waals surface area contributed by atoms with Gasteiger partial charge in [-0.2, -0.15) is 0 Å². The fourth-order valence-electron chi connectivity index (χ4n) is 2.14. The first-order valence-corrected chi connectivity index (χ1v) is 7.67. The number of primary amides is 1. The number of carbonyl (C=O) groups is 2. The van der Waals surface area contributed by atoms with E-state index in [4.69, 9.17) is 26.8 Å². The number of hydrogen-bond donors (Lipinski definition) is 2. The Morgan fingerprint density at radius 1 is 1.48 bits per heavy atom. The van der Waals surface area contributed by atoms with Gasteiger partial charge in [-0.3, -0.25) is 4.79 Å². The van der Waals surface area contributed by atoms with E-state index < -0.39 is 12.0 Å². The van der Waals surface area contributed by atoms with Gasteiger partial charge in [0.15, 0.2) is 6.10 Å². The van der Waals surface area contributed by atoms with E-state index >= 15 is 0 Å². The molecule has 3 N–H and O–H groups in total. The van der Waals surface area contributed by atoms with Crippen LogP contribution < -0.4 is 15.8 Å². The van der Waals surface area contributed by atoms with Crippen LogP contribution in [0, 0.1) is 0 Å². The highest BCUT2D eigenvalue weighted by molar-refractivity contribution is 6.33. The molecule has 1 aromatic rings. The lowest BCUT2D eigenvalue weighted by molar-refractivity contribution is -0.133. The third-order valence-electron chi connectivity index (χ3n) is 3.22. The molecule has 1 heterocycles. The standard InChI is InChI=1S/C15H20ClN3O4/c1-9(2)23-10-3-4-12(11(16)7-10)18-15(21)19-5-6-22-13(8-19)14(17)20/h3-4,7,9,13H,5-6,8H2,1-2H3,(H2,17,20)(H,18,21)/t13-/m0/s1. The van der Waals surface area contributed by atoms with Gasteiger partial charge in [-0.15, -0.1) is 0 Å².